The number of carbonyl (C=O) groups excluding carboxylic acids is 1. The molecular weight excluding hydrogens is 276 g/mol. The van der Waals surface area contributed by atoms with E-state index >= 15 is 0 Å². The lowest BCUT2D eigenvalue weighted by molar-refractivity contribution is -0.153. The molecule has 1 unspecified atom stereocenters. The Bertz CT molecular complexity index is 530. The van der Waals surface area contributed by atoms with E-state index < -0.39 is 5.60 Å². The van der Waals surface area contributed by atoms with Crippen LogP contribution in [-0.2, 0) is 9.53 Å². The Kier molecular flexibility index (Phi) is 5.12. The minimum atomic E-state index is -0.693. The van der Waals surface area contributed by atoms with Gasteiger partial charge in [0.2, 0.25) is 0 Å². The quantitative estimate of drug-likeness (QED) is 0.857. The lowest BCUT2D eigenvalue weighted by Crippen LogP contribution is -2.55. The Morgan fingerprint density at radius 1 is 1.23 bits per heavy atom. The molecule has 1 heterocycles. The minimum Gasteiger partial charge on any atom is -0.369 e. The van der Waals surface area contributed by atoms with Gasteiger partial charge in [-0.3, -0.25) is 4.79 Å². The van der Waals surface area contributed by atoms with Crippen LogP contribution in [0.4, 0.5) is 5.69 Å². The molecule has 1 aromatic rings. The SMILES string of the molecule is CCC(C)(OC)C(=O)N1CCN(c2cccc(C)c2C)CC1. The number of piperazine rings is 1. The number of carbonyl (C=O) groups is 1. The average molecular weight is 304 g/mol. The van der Waals surface area contributed by atoms with Crippen molar-refractivity contribution in [2.45, 2.75) is 39.7 Å². The molecule has 1 aliphatic rings. The van der Waals surface area contributed by atoms with Gasteiger partial charge in [-0.15, -0.1) is 0 Å². The molecule has 1 atom stereocenters. The van der Waals surface area contributed by atoms with Gasteiger partial charge in [-0.25, -0.2) is 0 Å². The fraction of sp³-hybridized carbons (Fsp3) is 0.611. The number of rotatable bonds is 4. The first-order chi connectivity index (χ1) is 10.4. The third-order valence-corrected chi connectivity index (χ3v) is 5.06. The molecule has 4 nitrogen and oxygen atoms in total. The van der Waals surface area contributed by atoms with Crippen molar-refractivity contribution in [2.24, 2.45) is 0 Å². The largest absolute Gasteiger partial charge is 0.369 e. The van der Waals surface area contributed by atoms with E-state index in [0.717, 1.165) is 26.2 Å². The zero-order valence-electron chi connectivity index (χ0n) is 14.5. The number of methoxy groups -OCH3 is 1. The molecule has 0 aromatic heterocycles. The highest BCUT2D eigenvalue weighted by molar-refractivity contribution is 5.85. The summed E-state index contributed by atoms with van der Waals surface area (Å²) in [5.74, 6) is 0.109. The van der Waals surface area contributed by atoms with Gasteiger partial charge < -0.3 is 14.5 Å². The van der Waals surface area contributed by atoms with Gasteiger partial charge in [-0.05, 0) is 44.4 Å². The van der Waals surface area contributed by atoms with Crippen LogP contribution in [0.1, 0.15) is 31.4 Å². The van der Waals surface area contributed by atoms with E-state index in [0.29, 0.717) is 6.42 Å². The third-order valence-electron chi connectivity index (χ3n) is 5.06. The lowest BCUT2D eigenvalue weighted by atomic mass is 10.0. The molecule has 1 fully saturated rings. The zero-order chi connectivity index (χ0) is 16.3. The smallest absolute Gasteiger partial charge is 0.254 e. The Balaban J connectivity index is 2.04. The second kappa shape index (κ2) is 6.69. The molecule has 2 rings (SSSR count). The molecular formula is C18H28N2O2. The fourth-order valence-electron chi connectivity index (χ4n) is 2.95. The van der Waals surface area contributed by atoms with Gasteiger partial charge in [0.15, 0.2) is 0 Å². The minimum absolute atomic E-state index is 0.109. The topological polar surface area (TPSA) is 32.8 Å². The first-order valence-electron chi connectivity index (χ1n) is 8.08. The summed E-state index contributed by atoms with van der Waals surface area (Å²) in [5, 5.41) is 0. The standard InChI is InChI=1S/C18H28N2O2/c1-6-18(4,22-5)17(21)20-12-10-19(11-13-20)16-9-7-8-14(2)15(16)3/h7-9H,6,10-13H2,1-5H3. The highest BCUT2D eigenvalue weighted by Gasteiger charge is 2.36. The number of nitrogens with zero attached hydrogens (tertiary/aromatic N) is 2. The maximum atomic E-state index is 12.6. The number of anilines is 1. The van der Waals surface area contributed by atoms with Crippen molar-refractivity contribution in [1.82, 2.24) is 4.90 Å². The first kappa shape index (κ1) is 16.8. The van der Waals surface area contributed by atoms with E-state index in [2.05, 4.69) is 36.9 Å². The summed E-state index contributed by atoms with van der Waals surface area (Å²) < 4.78 is 5.44. The molecule has 1 amide bonds. The fourth-order valence-corrected chi connectivity index (χ4v) is 2.95. The number of ether oxygens (including phenoxy) is 1. The lowest BCUT2D eigenvalue weighted by Gasteiger charge is -2.40. The highest BCUT2D eigenvalue weighted by Crippen LogP contribution is 2.25. The second-order valence-electron chi connectivity index (χ2n) is 6.29. The van der Waals surface area contributed by atoms with Gasteiger partial charge in [0.25, 0.3) is 5.91 Å². The van der Waals surface area contributed by atoms with E-state index in [1.54, 1.807) is 7.11 Å². The zero-order valence-corrected chi connectivity index (χ0v) is 14.5. The molecule has 1 aromatic carbocycles. The second-order valence-corrected chi connectivity index (χ2v) is 6.29. The molecule has 0 aliphatic carbocycles. The molecule has 0 N–H and O–H groups in total. The van der Waals surface area contributed by atoms with E-state index in [-0.39, 0.29) is 5.91 Å². The van der Waals surface area contributed by atoms with Crippen molar-refractivity contribution in [1.29, 1.82) is 0 Å². The van der Waals surface area contributed by atoms with Crippen molar-refractivity contribution in [3.05, 3.63) is 29.3 Å². The van der Waals surface area contributed by atoms with Crippen LogP contribution < -0.4 is 4.90 Å². The van der Waals surface area contributed by atoms with Crippen LogP contribution in [0.15, 0.2) is 18.2 Å². The molecule has 0 bridgehead atoms. The molecule has 1 saturated heterocycles. The predicted molar refractivity (Wildman–Crippen MR) is 90.4 cm³/mol. The van der Waals surface area contributed by atoms with E-state index in [1.165, 1.54) is 16.8 Å². The van der Waals surface area contributed by atoms with Crippen molar-refractivity contribution >= 4 is 11.6 Å². The monoisotopic (exact) mass is 304 g/mol. The summed E-state index contributed by atoms with van der Waals surface area (Å²) in [5.41, 5.74) is 3.24. The van der Waals surface area contributed by atoms with Crippen molar-refractivity contribution in [2.75, 3.05) is 38.2 Å². The molecule has 0 spiro atoms. The van der Waals surface area contributed by atoms with Gasteiger partial charge in [0, 0.05) is 39.0 Å². The number of aryl methyl sites for hydroxylation is 1. The van der Waals surface area contributed by atoms with Crippen LogP contribution in [-0.4, -0.2) is 49.7 Å². The van der Waals surface area contributed by atoms with Gasteiger partial charge in [-0.2, -0.15) is 0 Å². The number of hydrogen-bond donors (Lipinski definition) is 0. The number of amides is 1. The summed E-state index contributed by atoms with van der Waals surface area (Å²) in [6.45, 7) is 11.4. The maximum Gasteiger partial charge on any atom is 0.254 e. The van der Waals surface area contributed by atoms with Gasteiger partial charge >= 0.3 is 0 Å². The number of benzene rings is 1. The van der Waals surface area contributed by atoms with Gasteiger partial charge in [0.1, 0.15) is 5.60 Å². The molecule has 22 heavy (non-hydrogen) atoms. The Labute approximate surface area is 134 Å². The van der Waals surface area contributed by atoms with Gasteiger partial charge in [0.05, 0.1) is 0 Å². The molecule has 122 valence electrons. The first-order valence-corrected chi connectivity index (χ1v) is 8.08. The van der Waals surface area contributed by atoms with Crippen LogP contribution in [0.5, 0.6) is 0 Å². The third kappa shape index (κ3) is 3.12. The van der Waals surface area contributed by atoms with E-state index in [9.17, 15) is 4.79 Å². The summed E-state index contributed by atoms with van der Waals surface area (Å²) in [7, 11) is 1.62. The highest BCUT2D eigenvalue weighted by atomic mass is 16.5. The van der Waals surface area contributed by atoms with E-state index in [4.69, 9.17) is 4.74 Å². The van der Waals surface area contributed by atoms with Gasteiger partial charge in [-0.1, -0.05) is 19.1 Å². The van der Waals surface area contributed by atoms with Crippen molar-refractivity contribution in [3.8, 4) is 0 Å². The Morgan fingerprint density at radius 3 is 2.41 bits per heavy atom. The number of hydrogen-bond acceptors (Lipinski definition) is 3. The van der Waals surface area contributed by atoms with Crippen LogP contribution in [0, 0.1) is 13.8 Å². The van der Waals surface area contributed by atoms with Crippen molar-refractivity contribution < 1.29 is 9.53 Å². The summed E-state index contributed by atoms with van der Waals surface area (Å²) in [4.78, 5) is 16.9. The maximum absolute atomic E-state index is 12.6. The summed E-state index contributed by atoms with van der Waals surface area (Å²) >= 11 is 0. The van der Waals surface area contributed by atoms with Crippen LogP contribution in [0.3, 0.4) is 0 Å². The van der Waals surface area contributed by atoms with Crippen LogP contribution in [0.25, 0.3) is 0 Å². The Hall–Kier alpha value is -1.55. The molecule has 1 aliphatic heterocycles. The predicted octanol–water partition coefficient (Wildman–Crippen LogP) is 2.77. The average Bonchev–Trinajstić information content (AvgIpc) is 2.56. The summed E-state index contributed by atoms with van der Waals surface area (Å²) in [6.07, 6.45) is 0.694. The molecule has 0 radical (unpaired) electrons. The normalized spacial score (nSPS) is 18.2. The summed E-state index contributed by atoms with van der Waals surface area (Å²) in [6, 6.07) is 6.42. The van der Waals surface area contributed by atoms with Crippen LogP contribution >= 0.6 is 0 Å². The van der Waals surface area contributed by atoms with Crippen molar-refractivity contribution in [3.63, 3.8) is 0 Å². The van der Waals surface area contributed by atoms with Crippen LogP contribution in [0.2, 0.25) is 0 Å². The molecule has 4 heteroatoms. The molecule has 0 saturated carbocycles. The Morgan fingerprint density at radius 2 is 1.86 bits per heavy atom. The van der Waals surface area contributed by atoms with E-state index in [1.807, 2.05) is 18.7 Å².